The van der Waals surface area contributed by atoms with Crippen LogP contribution in [0, 0.1) is 5.92 Å². The Labute approximate surface area is 197 Å². The van der Waals surface area contributed by atoms with Crippen LogP contribution < -0.4 is 14.2 Å². The van der Waals surface area contributed by atoms with E-state index in [0.717, 1.165) is 10.8 Å². The molecule has 0 unspecified atom stereocenters. The highest BCUT2D eigenvalue weighted by Crippen LogP contribution is 2.34. The summed E-state index contributed by atoms with van der Waals surface area (Å²) in [5.74, 6) is 0.474. The molecular formula is C24H24ClNO6S. The first kappa shape index (κ1) is 23.4. The van der Waals surface area contributed by atoms with Gasteiger partial charge in [0.05, 0.1) is 25.0 Å². The fourth-order valence-electron chi connectivity index (χ4n) is 3.97. The second-order valence-corrected chi connectivity index (χ2v) is 10.1. The molecule has 0 bridgehead atoms. The van der Waals surface area contributed by atoms with Gasteiger partial charge in [-0.1, -0.05) is 35.9 Å². The normalized spacial score (nSPS) is 15.4. The van der Waals surface area contributed by atoms with Crippen LogP contribution in [0.1, 0.15) is 12.8 Å². The lowest BCUT2D eigenvalue weighted by Gasteiger charge is -2.30. The number of carbonyl (C=O) groups excluding carboxylic acids is 1. The Kier molecular flexibility index (Phi) is 6.78. The molecule has 3 aromatic rings. The van der Waals surface area contributed by atoms with Crippen LogP contribution in [0.4, 0.5) is 0 Å². The molecule has 33 heavy (non-hydrogen) atoms. The van der Waals surface area contributed by atoms with Crippen molar-refractivity contribution in [3.05, 3.63) is 59.6 Å². The average molecular weight is 490 g/mol. The van der Waals surface area contributed by atoms with Gasteiger partial charge in [-0.25, -0.2) is 8.42 Å². The highest BCUT2D eigenvalue weighted by molar-refractivity contribution is 7.89. The van der Waals surface area contributed by atoms with Gasteiger partial charge in [-0.2, -0.15) is 4.31 Å². The summed E-state index contributed by atoms with van der Waals surface area (Å²) >= 11 is 6.24. The minimum atomic E-state index is -3.73. The minimum Gasteiger partial charge on any atom is -0.493 e. The second kappa shape index (κ2) is 9.59. The third-order valence-corrected chi connectivity index (χ3v) is 8.05. The Morgan fingerprint density at radius 3 is 2.21 bits per heavy atom. The van der Waals surface area contributed by atoms with Gasteiger partial charge in [0.25, 0.3) is 0 Å². The molecule has 3 aromatic carbocycles. The van der Waals surface area contributed by atoms with Gasteiger partial charge >= 0.3 is 5.97 Å². The number of hydrogen-bond acceptors (Lipinski definition) is 6. The van der Waals surface area contributed by atoms with E-state index < -0.39 is 15.9 Å². The highest BCUT2D eigenvalue weighted by atomic mass is 35.5. The lowest BCUT2D eigenvalue weighted by Crippen LogP contribution is -2.41. The Balaban J connectivity index is 1.45. The van der Waals surface area contributed by atoms with E-state index in [9.17, 15) is 13.2 Å². The topological polar surface area (TPSA) is 82.1 Å². The lowest BCUT2D eigenvalue weighted by atomic mass is 9.98. The predicted octanol–water partition coefficient (Wildman–Crippen LogP) is 4.52. The van der Waals surface area contributed by atoms with E-state index in [0.29, 0.717) is 35.1 Å². The van der Waals surface area contributed by atoms with E-state index in [-0.39, 0.29) is 24.0 Å². The molecule has 4 rings (SSSR count). The molecule has 1 aliphatic rings. The maximum atomic E-state index is 13.1. The molecule has 0 amide bonds. The molecule has 0 N–H and O–H groups in total. The number of esters is 1. The zero-order valence-corrected chi connectivity index (χ0v) is 19.9. The first-order chi connectivity index (χ1) is 15.8. The monoisotopic (exact) mass is 489 g/mol. The number of sulfonamides is 1. The van der Waals surface area contributed by atoms with Crippen molar-refractivity contribution >= 4 is 38.4 Å². The van der Waals surface area contributed by atoms with Crippen molar-refractivity contribution in [1.29, 1.82) is 0 Å². The molecule has 1 fully saturated rings. The van der Waals surface area contributed by atoms with Gasteiger partial charge in [0.1, 0.15) is 5.75 Å². The molecule has 174 valence electrons. The van der Waals surface area contributed by atoms with Crippen LogP contribution in [0.15, 0.2) is 59.5 Å². The number of carbonyl (C=O) groups is 1. The third-order valence-electron chi connectivity index (χ3n) is 5.82. The summed E-state index contributed by atoms with van der Waals surface area (Å²) in [5, 5.41) is 2.14. The van der Waals surface area contributed by atoms with Crippen molar-refractivity contribution < 1.29 is 27.4 Å². The zero-order valence-electron chi connectivity index (χ0n) is 18.3. The number of piperidine rings is 1. The maximum Gasteiger partial charge on any atom is 0.314 e. The van der Waals surface area contributed by atoms with Gasteiger partial charge in [0, 0.05) is 35.0 Å². The van der Waals surface area contributed by atoms with Gasteiger partial charge < -0.3 is 14.2 Å². The van der Waals surface area contributed by atoms with E-state index in [1.54, 1.807) is 18.2 Å². The van der Waals surface area contributed by atoms with Gasteiger partial charge in [-0.3, -0.25) is 4.79 Å². The predicted molar refractivity (Wildman–Crippen MR) is 126 cm³/mol. The summed E-state index contributed by atoms with van der Waals surface area (Å²) in [7, 11) is -0.788. The van der Waals surface area contributed by atoms with Crippen molar-refractivity contribution in [2.75, 3.05) is 27.3 Å². The second-order valence-electron chi connectivity index (χ2n) is 7.71. The largest absolute Gasteiger partial charge is 0.493 e. The molecular weight excluding hydrogens is 466 g/mol. The van der Waals surface area contributed by atoms with Crippen molar-refractivity contribution in [2.45, 2.75) is 17.7 Å². The van der Waals surface area contributed by atoms with Gasteiger partial charge in [-0.15, -0.1) is 0 Å². The molecule has 7 nitrogen and oxygen atoms in total. The summed E-state index contributed by atoms with van der Waals surface area (Å²) in [6, 6.07) is 15.3. The molecule has 0 radical (unpaired) electrons. The molecule has 0 spiro atoms. The molecule has 1 heterocycles. The molecule has 1 aliphatic heterocycles. The molecule has 1 saturated heterocycles. The Morgan fingerprint density at radius 1 is 0.909 bits per heavy atom. The molecule has 0 atom stereocenters. The van der Waals surface area contributed by atoms with E-state index in [1.807, 2.05) is 24.3 Å². The van der Waals surface area contributed by atoms with Crippen molar-refractivity contribution in [3.63, 3.8) is 0 Å². The number of ether oxygens (including phenoxy) is 3. The molecule has 0 aromatic heterocycles. The summed E-state index contributed by atoms with van der Waals surface area (Å²) in [6.45, 7) is 0.440. The number of fused-ring (bicyclic) bond motifs is 1. The number of hydrogen-bond donors (Lipinski definition) is 0. The number of nitrogens with zero attached hydrogens (tertiary/aromatic N) is 1. The quantitative estimate of drug-likeness (QED) is 0.374. The first-order valence-electron chi connectivity index (χ1n) is 10.5. The summed E-state index contributed by atoms with van der Waals surface area (Å²) in [5.41, 5.74) is 0. The first-order valence-corrected chi connectivity index (χ1v) is 12.3. The summed E-state index contributed by atoms with van der Waals surface area (Å²) in [6.07, 6.45) is 0.744. The van der Waals surface area contributed by atoms with Crippen molar-refractivity contribution in [3.8, 4) is 17.2 Å². The smallest absolute Gasteiger partial charge is 0.314 e. The molecule has 9 heteroatoms. The maximum absolute atomic E-state index is 13.1. The van der Waals surface area contributed by atoms with E-state index in [2.05, 4.69) is 0 Å². The van der Waals surface area contributed by atoms with Crippen LogP contribution in [0.2, 0.25) is 5.02 Å². The molecule has 0 saturated carbocycles. The fourth-order valence-corrected chi connectivity index (χ4v) is 5.69. The fraction of sp³-hybridized carbons (Fsp3) is 0.292. The number of halogens is 1. The highest BCUT2D eigenvalue weighted by Gasteiger charge is 2.33. The zero-order chi connectivity index (χ0) is 23.6. The van der Waals surface area contributed by atoms with Crippen LogP contribution in [-0.2, 0) is 14.8 Å². The van der Waals surface area contributed by atoms with Crippen molar-refractivity contribution in [2.24, 2.45) is 5.92 Å². The van der Waals surface area contributed by atoms with Crippen LogP contribution in [-0.4, -0.2) is 46.0 Å². The van der Waals surface area contributed by atoms with Crippen LogP contribution in [0.5, 0.6) is 17.2 Å². The van der Waals surface area contributed by atoms with E-state index in [4.69, 9.17) is 25.8 Å². The Bertz CT molecular complexity index is 1290. The SMILES string of the molecule is COc1ccc(S(=O)(=O)N2CCC(C(=O)Oc3ccc(Cl)c4ccccc34)CC2)cc1OC. The van der Waals surface area contributed by atoms with Crippen molar-refractivity contribution in [1.82, 2.24) is 4.31 Å². The van der Waals surface area contributed by atoms with Gasteiger partial charge in [0.2, 0.25) is 10.0 Å². The van der Waals surface area contributed by atoms with Crippen LogP contribution in [0.3, 0.4) is 0 Å². The van der Waals surface area contributed by atoms with E-state index >= 15 is 0 Å². The number of methoxy groups -OCH3 is 2. The number of benzene rings is 3. The summed E-state index contributed by atoms with van der Waals surface area (Å²) in [4.78, 5) is 12.9. The third kappa shape index (κ3) is 4.64. The van der Waals surface area contributed by atoms with E-state index in [1.165, 1.54) is 30.7 Å². The van der Waals surface area contributed by atoms with Crippen LogP contribution >= 0.6 is 11.6 Å². The minimum absolute atomic E-state index is 0.119. The van der Waals surface area contributed by atoms with Gasteiger partial charge in [-0.05, 0) is 37.1 Å². The Hall–Kier alpha value is -2.81. The molecule has 0 aliphatic carbocycles. The lowest BCUT2D eigenvalue weighted by molar-refractivity contribution is -0.140. The Morgan fingerprint density at radius 2 is 1.55 bits per heavy atom. The van der Waals surface area contributed by atoms with Gasteiger partial charge in [0.15, 0.2) is 11.5 Å². The van der Waals surface area contributed by atoms with Crippen LogP contribution in [0.25, 0.3) is 10.8 Å². The standard InChI is InChI=1S/C24H24ClNO6S/c1-30-22-9-7-17(15-23(22)31-2)33(28,29)26-13-11-16(12-14-26)24(27)32-21-10-8-20(25)18-5-3-4-6-19(18)21/h3-10,15-16H,11-14H2,1-2H3. The number of rotatable bonds is 6. The summed E-state index contributed by atoms with van der Waals surface area (Å²) < 4.78 is 43.7. The average Bonchev–Trinajstić information content (AvgIpc) is 2.85.